The molecule has 7 heteroatoms. The van der Waals surface area contributed by atoms with Crippen molar-refractivity contribution in [2.24, 2.45) is 5.92 Å². The third kappa shape index (κ3) is 4.88. The minimum absolute atomic E-state index is 0.0219. The molecule has 1 saturated carbocycles. The van der Waals surface area contributed by atoms with Gasteiger partial charge in [0, 0.05) is 29.9 Å². The maximum atomic E-state index is 13.4. The molecule has 2 aromatic carbocycles. The van der Waals surface area contributed by atoms with E-state index in [0.717, 1.165) is 31.2 Å². The Labute approximate surface area is 187 Å². The van der Waals surface area contributed by atoms with Crippen molar-refractivity contribution >= 4 is 17.8 Å². The number of nitrogens with one attached hydrogen (secondary N) is 1. The number of hydrogen-bond donors (Lipinski definition) is 1. The first-order valence-corrected chi connectivity index (χ1v) is 11.0. The van der Waals surface area contributed by atoms with E-state index >= 15 is 0 Å². The topological polar surface area (TPSA) is 67.2 Å². The number of amides is 2. The smallest absolute Gasteiger partial charge is 0.246 e. The van der Waals surface area contributed by atoms with Gasteiger partial charge in [-0.15, -0.1) is 0 Å². The van der Waals surface area contributed by atoms with Crippen molar-refractivity contribution in [3.8, 4) is 16.9 Å². The highest BCUT2D eigenvalue weighted by Gasteiger charge is 2.28. The second kappa shape index (κ2) is 9.77. The van der Waals surface area contributed by atoms with Gasteiger partial charge in [0.25, 0.3) is 0 Å². The molecule has 0 saturated heterocycles. The zero-order chi connectivity index (χ0) is 22.5. The summed E-state index contributed by atoms with van der Waals surface area (Å²) in [7, 11) is 0. The van der Waals surface area contributed by atoms with Gasteiger partial charge in [-0.05, 0) is 44.0 Å². The number of halogens is 1. The molecular formula is C25H27FN4O2. The Morgan fingerprint density at radius 3 is 2.44 bits per heavy atom. The van der Waals surface area contributed by atoms with Gasteiger partial charge in [0.2, 0.25) is 17.8 Å². The van der Waals surface area contributed by atoms with Gasteiger partial charge >= 0.3 is 0 Å². The van der Waals surface area contributed by atoms with Crippen molar-refractivity contribution in [3.05, 3.63) is 66.6 Å². The number of imidazole rings is 1. The number of anilines is 1. The minimum Gasteiger partial charge on any atom is -0.333 e. The largest absolute Gasteiger partial charge is 0.333 e. The highest BCUT2D eigenvalue weighted by atomic mass is 19.1. The van der Waals surface area contributed by atoms with Crippen LogP contribution in [0.2, 0.25) is 0 Å². The third-order valence-electron chi connectivity index (χ3n) is 5.86. The summed E-state index contributed by atoms with van der Waals surface area (Å²) in [6.07, 6.45) is 5.73. The summed E-state index contributed by atoms with van der Waals surface area (Å²) >= 11 is 0. The third-order valence-corrected chi connectivity index (χ3v) is 5.86. The Bertz CT molecular complexity index is 1070. The predicted molar refractivity (Wildman–Crippen MR) is 122 cm³/mol. The molecule has 1 N–H and O–H groups in total. The molecule has 3 aromatic rings. The SMILES string of the molecule is CCN(CC(=O)Nc1nc(-c2ccccc2)cn1-c1ccc(F)cc1)C(=O)C1CCCC1. The number of carbonyl (C=O) groups is 2. The predicted octanol–water partition coefficient (Wildman–Crippen LogP) is 4.66. The summed E-state index contributed by atoms with van der Waals surface area (Å²) in [4.78, 5) is 31.8. The summed E-state index contributed by atoms with van der Waals surface area (Å²) in [5.41, 5.74) is 2.25. The van der Waals surface area contributed by atoms with Gasteiger partial charge in [0.15, 0.2) is 0 Å². The summed E-state index contributed by atoms with van der Waals surface area (Å²) < 4.78 is 15.2. The molecule has 0 radical (unpaired) electrons. The molecule has 0 aliphatic heterocycles. The second-order valence-electron chi connectivity index (χ2n) is 8.04. The van der Waals surface area contributed by atoms with Crippen LogP contribution in [-0.4, -0.2) is 39.4 Å². The maximum absolute atomic E-state index is 13.4. The molecule has 4 rings (SSSR count). The van der Waals surface area contributed by atoms with Crippen molar-refractivity contribution in [2.45, 2.75) is 32.6 Å². The van der Waals surface area contributed by atoms with Gasteiger partial charge in [0.05, 0.1) is 12.2 Å². The Balaban J connectivity index is 1.57. The highest BCUT2D eigenvalue weighted by molar-refractivity contribution is 5.94. The van der Waals surface area contributed by atoms with Crippen LogP contribution in [0, 0.1) is 11.7 Å². The molecule has 2 amide bonds. The lowest BCUT2D eigenvalue weighted by molar-refractivity contribution is -0.138. The summed E-state index contributed by atoms with van der Waals surface area (Å²) in [5, 5.41) is 2.85. The van der Waals surface area contributed by atoms with E-state index in [2.05, 4.69) is 10.3 Å². The lowest BCUT2D eigenvalue weighted by Gasteiger charge is -2.23. The number of hydrogen-bond acceptors (Lipinski definition) is 3. The zero-order valence-electron chi connectivity index (χ0n) is 18.1. The van der Waals surface area contributed by atoms with Crippen LogP contribution in [0.5, 0.6) is 0 Å². The van der Waals surface area contributed by atoms with Crippen LogP contribution in [-0.2, 0) is 9.59 Å². The molecule has 1 fully saturated rings. The zero-order valence-corrected chi connectivity index (χ0v) is 18.1. The van der Waals surface area contributed by atoms with E-state index in [1.807, 2.05) is 37.3 Å². The molecule has 0 atom stereocenters. The lowest BCUT2D eigenvalue weighted by Crippen LogP contribution is -2.40. The number of benzene rings is 2. The highest BCUT2D eigenvalue weighted by Crippen LogP contribution is 2.27. The summed E-state index contributed by atoms with van der Waals surface area (Å²) in [6, 6.07) is 15.6. The van der Waals surface area contributed by atoms with Gasteiger partial charge in [-0.1, -0.05) is 43.2 Å². The van der Waals surface area contributed by atoms with Gasteiger partial charge in [-0.25, -0.2) is 9.37 Å². The van der Waals surface area contributed by atoms with E-state index in [-0.39, 0.29) is 30.1 Å². The molecule has 0 unspecified atom stereocenters. The van der Waals surface area contributed by atoms with Crippen molar-refractivity contribution in [2.75, 3.05) is 18.4 Å². The van der Waals surface area contributed by atoms with Crippen molar-refractivity contribution in [3.63, 3.8) is 0 Å². The number of nitrogens with zero attached hydrogens (tertiary/aromatic N) is 3. The van der Waals surface area contributed by atoms with E-state index < -0.39 is 0 Å². The van der Waals surface area contributed by atoms with Gasteiger partial charge in [-0.2, -0.15) is 0 Å². The Morgan fingerprint density at radius 1 is 1.09 bits per heavy atom. The Morgan fingerprint density at radius 2 is 1.78 bits per heavy atom. The van der Waals surface area contributed by atoms with E-state index in [0.29, 0.717) is 23.9 Å². The first-order valence-electron chi connectivity index (χ1n) is 11.0. The van der Waals surface area contributed by atoms with Crippen LogP contribution in [0.4, 0.5) is 10.3 Å². The Kier molecular flexibility index (Phi) is 6.63. The van der Waals surface area contributed by atoms with Gasteiger partial charge < -0.3 is 4.90 Å². The van der Waals surface area contributed by atoms with Crippen molar-refractivity contribution in [1.82, 2.24) is 14.5 Å². The molecular weight excluding hydrogens is 407 g/mol. The van der Waals surface area contributed by atoms with Crippen LogP contribution >= 0.6 is 0 Å². The lowest BCUT2D eigenvalue weighted by atomic mass is 10.1. The number of carbonyl (C=O) groups excluding carboxylic acids is 2. The molecule has 1 heterocycles. The van der Waals surface area contributed by atoms with Crippen LogP contribution in [0.1, 0.15) is 32.6 Å². The molecule has 6 nitrogen and oxygen atoms in total. The van der Waals surface area contributed by atoms with Crippen molar-refractivity contribution in [1.29, 1.82) is 0 Å². The minimum atomic E-state index is -0.341. The van der Waals surface area contributed by atoms with E-state index in [1.165, 1.54) is 12.1 Å². The monoisotopic (exact) mass is 434 g/mol. The molecule has 1 aliphatic rings. The van der Waals surface area contributed by atoms with Crippen LogP contribution in [0.3, 0.4) is 0 Å². The first-order chi connectivity index (χ1) is 15.5. The average molecular weight is 435 g/mol. The van der Waals surface area contributed by atoms with Gasteiger partial charge in [-0.3, -0.25) is 19.5 Å². The summed E-state index contributed by atoms with van der Waals surface area (Å²) in [5.74, 6) is -0.260. The van der Waals surface area contributed by atoms with Crippen LogP contribution in [0.15, 0.2) is 60.8 Å². The quantitative estimate of drug-likeness (QED) is 0.588. The first kappa shape index (κ1) is 21.7. The Hall–Kier alpha value is -3.48. The fourth-order valence-corrected chi connectivity index (χ4v) is 4.13. The van der Waals surface area contributed by atoms with Crippen LogP contribution < -0.4 is 5.32 Å². The molecule has 1 aromatic heterocycles. The normalized spacial score (nSPS) is 13.8. The fraction of sp³-hybridized carbons (Fsp3) is 0.320. The van der Waals surface area contributed by atoms with Crippen molar-refractivity contribution < 1.29 is 14.0 Å². The van der Waals surface area contributed by atoms with E-state index in [4.69, 9.17) is 0 Å². The standard InChI is InChI=1S/C25H27FN4O2/c1-2-29(24(32)19-10-6-7-11-19)17-23(31)28-25-27-22(18-8-4-3-5-9-18)16-30(25)21-14-12-20(26)13-15-21/h3-5,8-9,12-16,19H,2,6-7,10-11,17H2,1H3,(H,27,28,31). The van der Waals surface area contributed by atoms with Gasteiger partial charge in [0.1, 0.15) is 5.82 Å². The average Bonchev–Trinajstić information content (AvgIpc) is 3.49. The molecule has 0 spiro atoms. The number of aromatic nitrogens is 2. The fourth-order valence-electron chi connectivity index (χ4n) is 4.13. The maximum Gasteiger partial charge on any atom is 0.246 e. The molecule has 0 bridgehead atoms. The molecule has 166 valence electrons. The summed E-state index contributed by atoms with van der Waals surface area (Å²) in [6.45, 7) is 2.33. The number of rotatable bonds is 7. The van der Waals surface area contributed by atoms with E-state index in [9.17, 15) is 14.0 Å². The second-order valence-corrected chi connectivity index (χ2v) is 8.04. The molecule has 1 aliphatic carbocycles. The number of likely N-dealkylation sites (N-methyl/N-ethyl adjacent to an activating group) is 1. The van der Waals surface area contributed by atoms with Crippen LogP contribution in [0.25, 0.3) is 16.9 Å². The molecule has 32 heavy (non-hydrogen) atoms. The van der Waals surface area contributed by atoms with E-state index in [1.54, 1.807) is 27.8 Å².